The molecule has 0 spiro atoms. The van der Waals surface area contributed by atoms with Crippen molar-refractivity contribution in [1.82, 2.24) is 4.90 Å². The molecule has 110 valence electrons. The summed E-state index contributed by atoms with van der Waals surface area (Å²) >= 11 is 0. The molecule has 2 rings (SSSR count). The predicted octanol–water partition coefficient (Wildman–Crippen LogP) is 2.00. The summed E-state index contributed by atoms with van der Waals surface area (Å²) in [4.78, 5) is 13.0. The Morgan fingerprint density at radius 1 is 1.50 bits per heavy atom. The molecule has 20 heavy (non-hydrogen) atoms. The van der Waals surface area contributed by atoms with E-state index in [2.05, 4.69) is 10.2 Å². The van der Waals surface area contributed by atoms with Crippen LogP contribution in [0.15, 0.2) is 12.1 Å². The minimum absolute atomic E-state index is 0.0778. The Balaban J connectivity index is 2.14. The van der Waals surface area contributed by atoms with Gasteiger partial charge in [0.2, 0.25) is 0 Å². The normalized spacial score (nSPS) is 16.8. The molecule has 1 aromatic rings. The molecule has 0 heterocycles. The molecule has 1 aromatic carbocycles. The third-order valence-electron chi connectivity index (χ3n) is 4.21. The zero-order valence-corrected chi connectivity index (χ0v) is 11.7. The van der Waals surface area contributed by atoms with Crippen LogP contribution in [0.1, 0.15) is 29.6 Å². The van der Waals surface area contributed by atoms with Crippen LogP contribution in [0.3, 0.4) is 0 Å². The van der Waals surface area contributed by atoms with E-state index in [0.717, 1.165) is 25.0 Å². The molecule has 6 heteroatoms. The minimum atomic E-state index is -1.32. The van der Waals surface area contributed by atoms with E-state index in [9.17, 15) is 9.18 Å². The van der Waals surface area contributed by atoms with Gasteiger partial charge >= 0.3 is 5.97 Å². The summed E-state index contributed by atoms with van der Waals surface area (Å²) < 4.78 is 13.7. The molecular formula is C14H20FN3O2. The van der Waals surface area contributed by atoms with E-state index in [0.29, 0.717) is 12.2 Å². The number of rotatable bonds is 5. The summed E-state index contributed by atoms with van der Waals surface area (Å²) in [6.45, 7) is 0.663. The maximum atomic E-state index is 13.7. The van der Waals surface area contributed by atoms with Crippen molar-refractivity contribution in [2.24, 2.45) is 0 Å². The zero-order chi connectivity index (χ0) is 14.9. The number of carboxylic acid groups (broad SMARTS) is 1. The largest absolute Gasteiger partial charge is 0.478 e. The van der Waals surface area contributed by atoms with Gasteiger partial charge in [0.1, 0.15) is 5.82 Å². The smallest absolute Gasteiger partial charge is 0.338 e. The lowest BCUT2D eigenvalue weighted by Gasteiger charge is -2.47. The van der Waals surface area contributed by atoms with Crippen LogP contribution in [0.25, 0.3) is 0 Å². The molecule has 0 bridgehead atoms. The van der Waals surface area contributed by atoms with Gasteiger partial charge in [-0.3, -0.25) is 0 Å². The van der Waals surface area contributed by atoms with E-state index in [-0.39, 0.29) is 11.2 Å². The number of benzene rings is 1. The molecule has 0 unspecified atom stereocenters. The maximum absolute atomic E-state index is 13.7. The molecule has 1 fully saturated rings. The van der Waals surface area contributed by atoms with Gasteiger partial charge in [-0.1, -0.05) is 0 Å². The quantitative estimate of drug-likeness (QED) is 0.719. The Labute approximate surface area is 117 Å². The van der Waals surface area contributed by atoms with Crippen molar-refractivity contribution in [2.75, 3.05) is 31.7 Å². The first-order valence-corrected chi connectivity index (χ1v) is 6.59. The highest BCUT2D eigenvalue weighted by atomic mass is 19.1. The molecule has 5 nitrogen and oxygen atoms in total. The minimum Gasteiger partial charge on any atom is -0.478 e. The van der Waals surface area contributed by atoms with Crippen LogP contribution in [-0.2, 0) is 0 Å². The van der Waals surface area contributed by atoms with Gasteiger partial charge in [0, 0.05) is 12.1 Å². The zero-order valence-electron chi connectivity index (χ0n) is 11.7. The summed E-state index contributed by atoms with van der Waals surface area (Å²) in [7, 11) is 4.05. The summed E-state index contributed by atoms with van der Waals surface area (Å²) in [6, 6.07) is 2.31. The van der Waals surface area contributed by atoms with Crippen molar-refractivity contribution in [3.8, 4) is 0 Å². The summed E-state index contributed by atoms with van der Waals surface area (Å²) in [5.74, 6) is -2.09. The average molecular weight is 281 g/mol. The molecule has 0 amide bonds. The second-order valence-corrected chi connectivity index (χ2v) is 5.55. The Morgan fingerprint density at radius 3 is 2.60 bits per heavy atom. The Bertz CT molecular complexity index is 527. The number of hydrogen-bond donors (Lipinski definition) is 3. The number of likely N-dealkylation sites (N-methyl/N-ethyl adjacent to an activating group) is 1. The monoisotopic (exact) mass is 281 g/mol. The number of nitrogens with zero attached hydrogens (tertiary/aromatic N) is 1. The highest BCUT2D eigenvalue weighted by Crippen LogP contribution is 2.36. The van der Waals surface area contributed by atoms with Crippen LogP contribution in [0, 0.1) is 5.82 Å². The Morgan fingerprint density at radius 2 is 2.15 bits per heavy atom. The summed E-state index contributed by atoms with van der Waals surface area (Å²) in [6.07, 6.45) is 3.35. The van der Waals surface area contributed by atoms with Crippen molar-refractivity contribution >= 4 is 17.3 Å². The molecular weight excluding hydrogens is 261 g/mol. The number of nitrogens with one attached hydrogen (secondary N) is 1. The van der Waals surface area contributed by atoms with Crippen LogP contribution in [0.5, 0.6) is 0 Å². The number of halogens is 1. The molecule has 1 aliphatic rings. The molecule has 0 aromatic heterocycles. The topological polar surface area (TPSA) is 78.6 Å². The van der Waals surface area contributed by atoms with E-state index in [1.807, 2.05) is 14.1 Å². The van der Waals surface area contributed by atoms with Gasteiger partial charge in [-0.25, -0.2) is 9.18 Å². The fraction of sp³-hybridized carbons (Fsp3) is 0.500. The molecule has 0 saturated heterocycles. The van der Waals surface area contributed by atoms with Crippen LogP contribution in [-0.4, -0.2) is 42.2 Å². The fourth-order valence-electron chi connectivity index (χ4n) is 2.53. The van der Waals surface area contributed by atoms with Crippen molar-refractivity contribution in [2.45, 2.75) is 24.8 Å². The van der Waals surface area contributed by atoms with Gasteiger partial charge in [0.15, 0.2) is 0 Å². The van der Waals surface area contributed by atoms with Gasteiger partial charge in [-0.15, -0.1) is 0 Å². The van der Waals surface area contributed by atoms with Crippen molar-refractivity contribution in [1.29, 1.82) is 0 Å². The fourth-order valence-corrected chi connectivity index (χ4v) is 2.53. The lowest BCUT2D eigenvalue weighted by atomic mass is 9.75. The van der Waals surface area contributed by atoms with Gasteiger partial charge in [0.25, 0.3) is 0 Å². The number of aromatic carboxylic acids is 1. The van der Waals surface area contributed by atoms with Crippen LogP contribution < -0.4 is 11.1 Å². The predicted molar refractivity (Wildman–Crippen MR) is 76.5 cm³/mol. The first-order valence-electron chi connectivity index (χ1n) is 6.59. The highest BCUT2D eigenvalue weighted by Gasteiger charge is 2.38. The van der Waals surface area contributed by atoms with Crippen LogP contribution in [0.2, 0.25) is 0 Å². The van der Waals surface area contributed by atoms with Crippen LogP contribution >= 0.6 is 0 Å². The second kappa shape index (κ2) is 5.28. The van der Waals surface area contributed by atoms with Gasteiger partial charge in [-0.2, -0.15) is 0 Å². The Kier molecular flexibility index (Phi) is 3.85. The first-order chi connectivity index (χ1) is 9.35. The molecule has 4 N–H and O–H groups in total. The van der Waals surface area contributed by atoms with Crippen LogP contribution in [0.4, 0.5) is 15.8 Å². The van der Waals surface area contributed by atoms with E-state index in [1.54, 1.807) is 0 Å². The number of nitrogens with two attached hydrogens (primary N) is 1. The molecule has 1 aliphatic carbocycles. The number of nitrogen functional groups attached to an aromatic ring is 1. The number of anilines is 2. The maximum Gasteiger partial charge on any atom is 0.338 e. The van der Waals surface area contributed by atoms with Gasteiger partial charge < -0.3 is 21.1 Å². The lowest BCUT2D eigenvalue weighted by molar-refractivity contribution is 0.0691. The molecule has 1 saturated carbocycles. The highest BCUT2D eigenvalue weighted by molar-refractivity contribution is 5.90. The van der Waals surface area contributed by atoms with Gasteiger partial charge in [-0.05, 0) is 45.5 Å². The summed E-state index contributed by atoms with van der Waals surface area (Å²) in [5.41, 5.74) is 6.15. The molecule has 0 atom stereocenters. The van der Waals surface area contributed by atoms with Crippen molar-refractivity contribution in [3.63, 3.8) is 0 Å². The van der Waals surface area contributed by atoms with E-state index >= 15 is 0 Å². The SMILES string of the molecule is CN(C)C1(CNc2cc(F)c(C(=O)O)cc2N)CCC1. The van der Waals surface area contributed by atoms with Crippen molar-refractivity contribution in [3.05, 3.63) is 23.5 Å². The van der Waals surface area contributed by atoms with Crippen molar-refractivity contribution < 1.29 is 14.3 Å². The van der Waals surface area contributed by atoms with E-state index in [1.165, 1.54) is 6.42 Å². The standard InChI is InChI=1S/C14H20FN3O2/c1-18(2)14(4-3-5-14)8-17-12-7-10(15)9(13(19)20)6-11(12)16/h6-7,17H,3-5,8,16H2,1-2H3,(H,19,20). The first kappa shape index (κ1) is 14.6. The summed E-state index contributed by atoms with van der Waals surface area (Å²) in [5, 5.41) is 12.0. The van der Waals surface area contributed by atoms with Gasteiger partial charge in [0.05, 0.1) is 16.9 Å². The Hall–Kier alpha value is -1.82. The average Bonchev–Trinajstić information content (AvgIpc) is 2.30. The molecule has 0 aliphatic heterocycles. The molecule has 0 radical (unpaired) electrons. The number of carbonyl (C=O) groups is 1. The second-order valence-electron chi connectivity index (χ2n) is 5.55. The third-order valence-corrected chi connectivity index (χ3v) is 4.21. The van der Waals surface area contributed by atoms with E-state index < -0.39 is 17.3 Å². The lowest BCUT2D eigenvalue weighted by Crippen LogP contribution is -2.54. The number of hydrogen-bond acceptors (Lipinski definition) is 4. The van der Waals surface area contributed by atoms with E-state index in [4.69, 9.17) is 10.8 Å². The third kappa shape index (κ3) is 2.56. The number of carboxylic acids is 1.